The molecule has 0 aromatic heterocycles. The summed E-state index contributed by atoms with van der Waals surface area (Å²) in [5.41, 5.74) is 0.0836. The summed E-state index contributed by atoms with van der Waals surface area (Å²) in [7, 11) is 0. The second-order valence-electron chi connectivity index (χ2n) is 6.94. The third-order valence-corrected chi connectivity index (χ3v) is 4.99. The van der Waals surface area contributed by atoms with E-state index in [1.54, 1.807) is 4.90 Å². The molecule has 0 aromatic rings. The Kier molecular flexibility index (Phi) is 4.90. The predicted molar refractivity (Wildman–Crippen MR) is 81.9 cm³/mol. The zero-order chi connectivity index (χ0) is 15.6. The summed E-state index contributed by atoms with van der Waals surface area (Å²) in [6.45, 7) is 9.31. The molecule has 0 aliphatic carbocycles. The van der Waals surface area contributed by atoms with Gasteiger partial charge in [0.25, 0.3) is 0 Å². The molecule has 3 saturated heterocycles. The van der Waals surface area contributed by atoms with E-state index >= 15 is 0 Å². The molecule has 2 atom stereocenters. The molecule has 22 heavy (non-hydrogen) atoms. The first-order valence-corrected chi connectivity index (χ1v) is 8.49. The van der Waals surface area contributed by atoms with Crippen LogP contribution in [-0.4, -0.2) is 79.6 Å². The maximum atomic E-state index is 12.2. The number of nitrogens with zero attached hydrogens (tertiary/aromatic N) is 2. The Labute approximate surface area is 132 Å². The highest BCUT2D eigenvalue weighted by Crippen LogP contribution is 2.40. The van der Waals surface area contributed by atoms with Crippen molar-refractivity contribution in [3.05, 3.63) is 0 Å². The lowest BCUT2D eigenvalue weighted by atomic mass is 9.94. The first kappa shape index (κ1) is 16.0. The fourth-order valence-corrected chi connectivity index (χ4v) is 3.83. The van der Waals surface area contributed by atoms with E-state index in [9.17, 15) is 4.79 Å². The second-order valence-corrected chi connectivity index (χ2v) is 6.94. The van der Waals surface area contributed by atoms with Crippen molar-refractivity contribution in [1.29, 1.82) is 0 Å². The summed E-state index contributed by atoms with van der Waals surface area (Å²) < 4.78 is 16.9. The Morgan fingerprint density at radius 3 is 2.82 bits per heavy atom. The van der Waals surface area contributed by atoms with Gasteiger partial charge in [0.15, 0.2) is 0 Å². The van der Waals surface area contributed by atoms with Crippen LogP contribution in [-0.2, 0) is 14.2 Å². The van der Waals surface area contributed by atoms with Gasteiger partial charge in [0.2, 0.25) is 0 Å². The number of morpholine rings is 1. The fourth-order valence-electron chi connectivity index (χ4n) is 3.83. The van der Waals surface area contributed by atoms with Crippen LogP contribution in [0.2, 0.25) is 0 Å². The molecule has 3 fully saturated rings. The van der Waals surface area contributed by atoms with Gasteiger partial charge >= 0.3 is 6.09 Å². The topological polar surface area (TPSA) is 51.2 Å². The van der Waals surface area contributed by atoms with Gasteiger partial charge in [0, 0.05) is 31.6 Å². The van der Waals surface area contributed by atoms with Crippen molar-refractivity contribution < 1.29 is 19.0 Å². The number of amides is 1. The highest BCUT2D eigenvalue weighted by Gasteiger charge is 2.50. The molecule has 3 rings (SSSR count). The first-order valence-electron chi connectivity index (χ1n) is 8.49. The molecule has 3 aliphatic heterocycles. The summed E-state index contributed by atoms with van der Waals surface area (Å²) in [5, 5.41) is 0. The van der Waals surface area contributed by atoms with Crippen LogP contribution >= 0.6 is 0 Å². The van der Waals surface area contributed by atoms with Crippen molar-refractivity contribution in [1.82, 2.24) is 9.80 Å². The Hall–Kier alpha value is -0.850. The average molecular weight is 312 g/mol. The van der Waals surface area contributed by atoms with Gasteiger partial charge in [-0.3, -0.25) is 4.90 Å². The van der Waals surface area contributed by atoms with Gasteiger partial charge in [-0.05, 0) is 33.2 Å². The van der Waals surface area contributed by atoms with Crippen molar-refractivity contribution >= 4 is 6.09 Å². The van der Waals surface area contributed by atoms with Gasteiger partial charge in [0.05, 0.1) is 25.9 Å². The standard InChI is InChI=1S/C16H28N2O4/c1-13(2)21-12-16-4-3-5-18(16)11-14(10-16)22-15(19)17-6-8-20-9-7-17/h13-14H,3-12H2,1-2H3/t14-,16+/m0/s1. The van der Waals surface area contributed by atoms with E-state index < -0.39 is 0 Å². The van der Waals surface area contributed by atoms with Crippen LogP contribution < -0.4 is 0 Å². The van der Waals surface area contributed by atoms with Crippen LogP contribution in [0.1, 0.15) is 33.1 Å². The van der Waals surface area contributed by atoms with E-state index in [0.29, 0.717) is 26.3 Å². The number of carbonyl (C=O) groups excluding carboxylic acids is 1. The molecular formula is C16H28N2O4. The van der Waals surface area contributed by atoms with Crippen LogP contribution in [0.25, 0.3) is 0 Å². The predicted octanol–water partition coefficient (Wildman–Crippen LogP) is 1.49. The van der Waals surface area contributed by atoms with Crippen LogP contribution in [0.4, 0.5) is 4.79 Å². The number of hydrogen-bond donors (Lipinski definition) is 0. The quantitative estimate of drug-likeness (QED) is 0.787. The van der Waals surface area contributed by atoms with Crippen molar-refractivity contribution in [2.45, 2.75) is 50.9 Å². The molecule has 0 saturated carbocycles. The molecular weight excluding hydrogens is 284 g/mol. The molecule has 3 heterocycles. The fraction of sp³-hybridized carbons (Fsp3) is 0.938. The summed E-state index contributed by atoms with van der Waals surface area (Å²) >= 11 is 0. The van der Waals surface area contributed by atoms with E-state index in [1.165, 1.54) is 6.42 Å². The van der Waals surface area contributed by atoms with E-state index in [1.807, 2.05) is 0 Å². The summed E-state index contributed by atoms with van der Waals surface area (Å²) in [6, 6.07) is 0. The number of rotatable bonds is 4. The van der Waals surface area contributed by atoms with Gasteiger partial charge in [-0.1, -0.05) is 0 Å². The molecule has 0 bridgehead atoms. The molecule has 6 nitrogen and oxygen atoms in total. The largest absolute Gasteiger partial charge is 0.445 e. The second kappa shape index (κ2) is 6.72. The van der Waals surface area contributed by atoms with Crippen LogP contribution in [0.5, 0.6) is 0 Å². The summed E-state index contributed by atoms with van der Waals surface area (Å²) in [5.74, 6) is 0. The molecule has 0 aromatic carbocycles. The van der Waals surface area contributed by atoms with Gasteiger partial charge in [0.1, 0.15) is 6.10 Å². The van der Waals surface area contributed by atoms with Gasteiger partial charge in [-0.2, -0.15) is 0 Å². The molecule has 0 spiro atoms. The monoisotopic (exact) mass is 312 g/mol. The smallest absolute Gasteiger partial charge is 0.410 e. The van der Waals surface area contributed by atoms with Crippen LogP contribution in [0.15, 0.2) is 0 Å². The first-order chi connectivity index (χ1) is 10.6. The molecule has 6 heteroatoms. The Balaban J connectivity index is 1.54. The molecule has 0 N–H and O–H groups in total. The lowest BCUT2D eigenvalue weighted by molar-refractivity contribution is 0.0000309. The average Bonchev–Trinajstić information content (AvgIpc) is 3.03. The van der Waals surface area contributed by atoms with Crippen molar-refractivity contribution in [2.24, 2.45) is 0 Å². The number of fused-ring (bicyclic) bond motifs is 1. The maximum absolute atomic E-state index is 12.2. The number of ether oxygens (including phenoxy) is 3. The SMILES string of the molecule is CC(C)OC[C@]12CCCN1C[C@@H](OC(=O)N1CCOCC1)C2. The molecule has 3 aliphatic rings. The van der Waals surface area contributed by atoms with Crippen LogP contribution in [0, 0.1) is 0 Å². The lowest BCUT2D eigenvalue weighted by Crippen LogP contribution is -2.43. The highest BCUT2D eigenvalue weighted by atomic mass is 16.6. The highest BCUT2D eigenvalue weighted by molar-refractivity contribution is 5.68. The number of hydrogen-bond acceptors (Lipinski definition) is 5. The molecule has 126 valence electrons. The Morgan fingerprint density at radius 1 is 1.32 bits per heavy atom. The Bertz CT molecular complexity index is 398. The zero-order valence-corrected chi connectivity index (χ0v) is 13.8. The Morgan fingerprint density at radius 2 is 2.09 bits per heavy atom. The van der Waals surface area contributed by atoms with E-state index in [4.69, 9.17) is 14.2 Å². The minimum Gasteiger partial charge on any atom is -0.445 e. The third kappa shape index (κ3) is 3.39. The summed E-state index contributed by atoms with van der Waals surface area (Å²) in [4.78, 5) is 16.5. The van der Waals surface area contributed by atoms with Gasteiger partial charge in [-0.25, -0.2) is 4.79 Å². The van der Waals surface area contributed by atoms with Gasteiger partial charge < -0.3 is 19.1 Å². The third-order valence-electron chi connectivity index (χ3n) is 4.99. The van der Waals surface area contributed by atoms with Gasteiger partial charge in [-0.15, -0.1) is 0 Å². The minimum absolute atomic E-state index is 0.00796. The van der Waals surface area contributed by atoms with E-state index in [0.717, 1.165) is 32.5 Å². The van der Waals surface area contributed by atoms with E-state index in [2.05, 4.69) is 18.7 Å². The van der Waals surface area contributed by atoms with Crippen molar-refractivity contribution in [3.8, 4) is 0 Å². The van der Waals surface area contributed by atoms with Crippen molar-refractivity contribution in [2.75, 3.05) is 46.0 Å². The normalized spacial score (nSPS) is 32.5. The number of carbonyl (C=O) groups is 1. The summed E-state index contributed by atoms with van der Waals surface area (Å²) in [6.07, 6.45) is 3.31. The lowest BCUT2D eigenvalue weighted by Gasteiger charge is -2.32. The molecule has 0 radical (unpaired) electrons. The zero-order valence-electron chi connectivity index (χ0n) is 13.8. The molecule has 0 unspecified atom stereocenters. The molecule has 1 amide bonds. The van der Waals surface area contributed by atoms with Crippen LogP contribution in [0.3, 0.4) is 0 Å². The maximum Gasteiger partial charge on any atom is 0.410 e. The van der Waals surface area contributed by atoms with E-state index in [-0.39, 0.29) is 23.8 Å². The van der Waals surface area contributed by atoms with Crippen molar-refractivity contribution in [3.63, 3.8) is 0 Å². The minimum atomic E-state index is -0.186.